The maximum absolute atomic E-state index is 5.46. The maximum atomic E-state index is 5.46. The molecule has 0 radical (unpaired) electrons. The maximum Gasteiger partial charge on any atom is -0.000473 e. The predicted molar refractivity (Wildman–Crippen MR) is 83.3 cm³/mol. The molecular weight excluding hydrogens is 309 g/mol. The Morgan fingerprint density at radius 1 is 0.500 bits per heavy atom. The Morgan fingerprint density at radius 3 is 1.12 bits per heavy atom. The van der Waals surface area contributed by atoms with E-state index in [1.165, 1.54) is 81.5 Å². The van der Waals surface area contributed by atoms with Gasteiger partial charge >= 0.3 is 0 Å². The first-order valence-corrected chi connectivity index (χ1v) is 8.70. The lowest BCUT2D eigenvalue weighted by Gasteiger charge is -2.02. The molecule has 0 heterocycles. The molecule has 0 rings (SSSR count). The fourth-order valence-electron chi connectivity index (χ4n) is 2.01. The summed E-state index contributed by atoms with van der Waals surface area (Å²) < 4.78 is 1.33. The van der Waals surface area contributed by atoms with Crippen LogP contribution in [0.25, 0.3) is 0 Å². The molecule has 98 valence electrons. The molecule has 2 heteroatoms. The van der Waals surface area contributed by atoms with Crippen molar-refractivity contribution in [1.29, 1.82) is 0 Å². The smallest absolute Gasteiger partial charge is 0.000473 e. The van der Waals surface area contributed by atoms with Crippen molar-refractivity contribution in [3.05, 3.63) is 0 Å². The van der Waals surface area contributed by atoms with Crippen molar-refractivity contribution >= 4 is 22.6 Å². The van der Waals surface area contributed by atoms with Crippen LogP contribution in [0.3, 0.4) is 0 Å². The molecule has 0 bridgehead atoms. The molecular formula is C14H30IN. The van der Waals surface area contributed by atoms with Gasteiger partial charge in [0.05, 0.1) is 0 Å². The van der Waals surface area contributed by atoms with Gasteiger partial charge < -0.3 is 5.73 Å². The molecule has 0 aliphatic heterocycles. The van der Waals surface area contributed by atoms with E-state index in [-0.39, 0.29) is 0 Å². The van der Waals surface area contributed by atoms with Crippen LogP contribution in [-0.4, -0.2) is 11.0 Å². The second-order valence-electron chi connectivity index (χ2n) is 4.72. The van der Waals surface area contributed by atoms with E-state index in [4.69, 9.17) is 5.73 Å². The van der Waals surface area contributed by atoms with E-state index in [0.29, 0.717) is 0 Å². The monoisotopic (exact) mass is 339 g/mol. The van der Waals surface area contributed by atoms with Crippen molar-refractivity contribution in [2.24, 2.45) is 5.73 Å². The molecule has 0 aliphatic rings. The molecule has 0 saturated carbocycles. The van der Waals surface area contributed by atoms with E-state index in [0.717, 1.165) is 6.54 Å². The molecule has 0 atom stereocenters. The van der Waals surface area contributed by atoms with Crippen molar-refractivity contribution in [1.82, 2.24) is 0 Å². The molecule has 0 aromatic rings. The Balaban J connectivity index is 2.83. The molecule has 0 aromatic heterocycles. The lowest BCUT2D eigenvalue weighted by Crippen LogP contribution is -1.97. The van der Waals surface area contributed by atoms with Gasteiger partial charge in [0.15, 0.2) is 0 Å². The van der Waals surface area contributed by atoms with E-state index < -0.39 is 0 Å². The van der Waals surface area contributed by atoms with Crippen LogP contribution in [0.4, 0.5) is 0 Å². The minimum Gasteiger partial charge on any atom is -0.330 e. The van der Waals surface area contributed by atoms with Gasteiger partial charge in [0.25, 0.3) is 0 Å². The summed E-state index contributed by atoms with van der Waals surface area (Å²) >= 11 is 2.47. The van der Waals surface area contributed by atoms with Crippen LogP contribution >= 0.6 is 22.6 Å². The zero-order valence-electron chi connectivity index (χ0n) is 10.9. The molecule has 1 nitrogen and oxygen atoms in total. The highest BCUT2D eigenvalue weighted by Crippen LogP contribution is 2.12. The summed E-state index contributed by atoms with van der Waals surface area (Å²) in [5.74, 6) is 0. The summed E-state index contributed by atoms with van der Waals surface area (Å²) in [6, 6.07) is 0. The summed E-state index contributed by atoms with van der Waals surface area (Å²) in [6.07, 6.45) is 17.0. The highest BCUT2D eigenvalue weighted by atomic mass is 127. The van der Waals surface area contributed by atoms with Crippen molar-refractivity contribution in [2.45, 2.75) is 77.0 Å². The zero-order chi connectivity index (χ0) is 11.9. The molecule has 0 fully saturated rings. The molecule has 2 N–H and O–H groups in total. The first kappa shape index (κ1) is 16.7. The average Bonchev–Trinajstić information content (AvgIpc) is 2.31. The van der Waals surface area contributed by atoms with Gasteiger partial charge in [0.2, 0.25) is 0 Å². The average molecular weight is 339 g/mol. The summed E-state index contributed by atoms with van der Waals surface area (Å²) in [5.41, 5.74) is 5.46. The Labute approximate surface area is 116 Å². The van der Waals surface area contributed by atoms with E-state index in [9.17, 15) is 0 Å². The zero-order valence-corrected chi connectivity index (χ0v) is 13.0. The lowest BCUT2D eigenvalue weighted by molar-refractivity contribution is 0.546. The standard InChI is InChI=1S/C14H30IN/c15-13-11-9-7-5-3-1-2-4-6-8-10-12-14-16/h1-14,16H2. The number of rotatable bonds is 13. The van der Waals surface area contributed by atoms with Crippen LogP contribution in [0, 0.1) is 0 Å². The number of halogens is 1. The first-order valence-electron chi connectivity index (χ1n) is 7.18. The van der Waals surface area contributed by atoms with Gasteiger partial charge in [-0.2, -0.15) is 0 Å². The van der Waals surface area contributed by atoms with Gasteiger partial charge in [-0.1, -0.05) is 86.8 Å². The molecule has 0 unspecified atom stereocenters. The van der Waals surface area contributed by atoms with E-state index >= 15 is 0 Å². The minimum atomic E-state index is 0.872. The summed E-state index contributed by atoms with van der Waals surface area (Å²) in [5, 5.41) is 0. The fourth-order valence-corrected chi connectivity index (χ4v) is 2.55. The number of nitrogens with two attached hydrogens (primary N) is 1. The van der Waals surface area contributed by atoms with Crippen molar-refractivity contribution < 1.29 is 0 Å². The van der Waals surface area contributed by atoms with Gasteiger partial charge in [-0.3, -0.25) is 0 Å². The number of hydrogen-bond donors (Lipinski definition) is 1. The second-order valence-corrected chi connectivity index (χ2v) is 5.80. The van der Waals surface area contributed by atoms with Crippen molar-refractivity contribution in [3.8, 4) is 0 Å². The molecule has 0 saturated heterocycles. The second kappa shape index (κ2) is 15.7. The Morgan fingerprint density at radius 2 is 0.812 bits per heavy atom. The number of alkyl halides is 1. The van der Waals surface area contributed by atoms with Crippen LogP contribution in [0.1, 0.15) is 77.0 Å². The third-order valence-corrected chi connectivity index (χ3v) is 3.85. The minimum absolute atomic E-state index is 0.872. The topological polar surface area (TPSA) is 26.0 Å². The number of hydrogen-bond acceptors (Lipinski definition) is 1. The molecule has 0 aliphatic carbocycles. The van der Waals surface area contributed by atoms with Crippen LogP contribution in [0.5, 0.6) is 0 Å². The van der Waals surface area contributed by atoms with Gasteiger partial charge in [0.1, 0.15) is 0 Å². The van der Waals surface area contributed by atoms with Gasteiger partial charge in [-0.05, 0) is 23.8 Å². The molecule has 0 amide bonds. The Bertz CT molecular complexity index is 103. The van der Waals surface area contributed by atoms with Crippen LogP contribution < -0.4 is 5.73 Å². The van der Waals surface area contributed by atoms with Crippen molar-refractivity contribution in [3.63, 3.8) is 0 Å². The SMILES string of the molecule is NCCCCCCCCCCCCCCI. The van der Waals surface area contributed by atoms with E-state index in [1.54, 1.807) is 0 Å². The third-order valence-electron chi connectivity index (χ3n) is 3.09. The highest BCUT2D eigenvalue weighted by Gasteiger charge is 1.92. The van der Waals surface area contributed by atoms with Gasteiger partial charge in [0, 0.05) is 0 Å². The molecule has 0 spiro atoms. The summed E-state index contributed by atoms with van der Waals surface area (Å²) in [6.45, 7) is 0.872. The van der Waals surface area contributed by atoms with Crippen LogP contribution in [-0.2, 0) is 0 Å². The fraction of sp³-hybridized carbons (Fsp3) is 1.00. The lowest BCUT2D eigenvalue weighted by atomic mass is 10.1. The van der Waals surface area contributed by atoms with Crippen molar-refractivity contribution in [2.75, 3.05) is 11.0 Å². The Hall–Kier alpha value is 0.690. The summed E-state index contributed by atoms with van der Waals surface area (Å²) in [4.78, 5) is 0. The largest absolute Gasteiger partial charge is 0.330 e. The predicted octanol–water partition coefficient (Wildman–Crippen LogP) is 5.06. The normalized spacial score (nSPS) is 10.9. The molecule has 16 heavy (non-hydrogen) atoms. The quantitative estimate of drug-likeness (QED) is 0.283. The van der Waals surface area contributed by atoms with Crippen LogP contribution in [0.2, 0.25) is 0 Å². The van der Waals surface area contributed by atoms with E-state index in [1.807, 2.05) is 0 Å². The van der Waals surface area contributed by atoms with Gasteiger partial charge in [-0.25, -0.2) is 0 Å². The molecule has 0 aromatic carbocycles. The third kappa shape index (κ3) is 14.7. The number of unbranched alkanes of at least 4 members (excludes halogenated alkanes) is 11. The van der Waals surface area contributed by atoms with E-state index in [2.05, 4.69) is 22.6 Å². The Kier molecular flexibility index (Phi) is 16.4. The van der Waals surface area contributed by atoms with Crippen LogP contribution in [0.15, 0.2) is 0 Å². The highest BCUT2D eigenvalue weighted by molar-refractivity contribution is 14.1. The first-order chi connectivity index (χ1) is 7.91. The summed E-state index contributed by atoms with van der Waals surface area (Å²) in [7, 11) is 0. The van der Waals surface area contributed by atoms with Gasteiger partial charge in [-0.15, -0.1) is 0 Å².